The number of hydrogen-bond donors (Lipinski definition) is 3. The zero-order valence-corrected chi connectivity index (χ0v) is 22.9. The van der Waals surface area contributed by atoms with Crippen LogP contribution in [0.2, 0.25) is 0 Å². The number of nitrogen functional groups attached to an aromatic ring is 1. The van der Waals surface area contributed by atoms with Crippen molar-refractivity contribution in [3.8, 4) is 44.5 Å². The molecule has 6 rings (SSSR count). The molecule has 1 amide bonds. The zero-order chi connectivity index (χ0) is 28.3. The van der Waals surface area contributed by atoms with Crippen molar-refractivity contribution in [2.24, 2.45) is 0 Å². The number of aryl methyl sites for hydroxylation is 1. The number of carbonyl (C=O) groups is 1. The van der Waals surface area contributed by atoms with Crippen LogP contribution in [0, 0.1) is 6.92 Å². The summed E-state index contributed by atoms with van der Waals surface area (Å²) in [4.78, 5) is 25.7. The molecule has 4 heterocycles. The van der Waals surface area contributed by atoms with Gasteiger partial charge in [0.05, 0.1) is 6.20 Å². The Bertz CT molecular complexity index is 1860. The van der Waals surface area contributed by atoms with Crippen molar-refractivity contribution < 1.29 is 9.53 Å². The average Bonchev–Trinajstić information content (AvgIpc) is 3.66. The number of H-pyrrole nitrogens is 1. The molecule has 0 fully saturated rings. The number of aromatic amines is 1. The van der Waals surface area contributed by atoms with Gasteiger partial charge in [0.25, 0.3) is 0 Å². The van der Waals surface area contributed by atoms with Gasteiger partial charge in [-0.1, -0.05) is 43.0 Å². The summed E-state index contributed by atoms with van der Waals surface area (Å²) in [7, 11) is 0. The van der Waals surface area contributed by atoms with E-state index in [1.165, 1.54) is 6.08 Å². The average molecular weight is 560 g/mol. The second-order valence-electron chi connectivity index (χ2n) is 9.28. The molecule has 202 valence electrons. The molecule has 0 saturated heterocycles. The molecule has 2 aromatic carbocycles. The van der Waals surface area contributed by atoms with Gasteiger partial charge in [-0.15, -0.1) is 11.3 Å². The van der Waals surface area contributed by atoms with Crippen LogP contribution < -0.4 is 15.8 Å². The molecule has 0 aliphatic carbocycles. The third-order valence-electron chi connectivity index (χ3n) is 6.54. The van der Waals surface area contributed by atoms with Crippen molar-refractivity contribution >= 4 is 33.1 Å². The highest BCUT2D eigenvalue weighted by atomic mass is 32.1. The quantitative estimate of drug-likeness (QED) is 0.187. The molecule has 6 aromatic rings. The third kappa shape index (κ3) is 5.28. The minimum absolute atomic E-state index is 0.211. The second-order valence-corrected chi connectivity index (χ2v) is 10.3. The molecule has 41 heavy (non-hydrogen) atoms. The first-order valence-corrected chi connectivity index (χ1v) is 13.6. The van der Waals surface area contributed by atoms with Crippen LogP contribution in [-0.4, -0.2) is 31.1 Å². The van der Waals surface area contributed by atoms with E-state index in [4.69, 9.17) is 10.5 Å². The molecular formula is C31H25N7O2S. The second kappa shape index (κ2) is 11.0. The van der Waals surface area contributed by atoms with Crippen molar-refractivity contribution in [1.29, 1.82) is 0 Å². The van der Waals surface area contributed by atoms with E-state index in [1.807, 2.05) is 55.6 Å². The first-order valence-electron chi connectivity index (χ1n) is 12.8. The minimum Gasteiger partial charge on any atom is -0.424 e. The Balaban J connectivity index is 1.45. The number of benzene rings is 2. The van der Waals surface area contributed by atoms with Gasteiger partial charge in [-0.25, -0.2) is 15.0 Å². The number of fused-ring (bicyclic) bond motifs is 1. The lowest BCUT2D eigenvalue weighted by molar-refractivity contribution is -0.116. The Morgan fingerprint density at radius 3 is 2.54 bits per heavy atom. The van der Waals surface area contributed by atoms with E-state index in [-0.39, 0.29) is 5.91 Å². The first-order chi connectivity index (χ1) is 20.0. The van der Waals surface area contributed by atoms with Gasteiger partial charge in [-0.05, 0) is 47.9 Å². The van der Waals surface area contributed by atoms with Gasteiger partial charge >= 0.3 is 6.01 Å². The summed E-state index contributed by atoms with van der Waals surface area (Å²) in [5, 5.41) is 10.7. The van der Waals surface area contributed by atoms with E-state index in [9.17, 15) is 4.79 Å². The zero-order valence-electron chi connectivity index (χ0n) is 22.1. The van der Waals surface area contributed by atoms with Crippen LogP contribution in [0.1, 0.15) is 11.3 Å². The van der Waals surface area contributed by atoms with Crippen molar-refractivity contribution in [2.75, 3.05) is 5.73 Å². The number of aromatic nitrogens is 5. The number of ether oxygens (including phenoxy) is 1. The molecule has 4 N–H and O–H groups in total. The van der Waals surface area contributed by atoms with Gasteiger partial charge in [0.2, 0.25) is 5.91 Å². The number of nitrogens with zero attached hydrogens (tertiary/aromatic N) is 4. The largest absolute Gasteiger partial charge is 0.424 e. The van der Waals surface area contributed by atoms with Gasteiger partial charge in [0.15, 0.2) is 0 Å². The Morgan fingerprint density at radius 2 is 1.83 bits per heavy atom. The maximum atomic E-state index is 11.6. The Morgan fingerprint density at radius 1 is 1.05 bits per heavy atom. The van der Waals surface area contributed by atoms with E-state index in [1.54, 1.807) is 29.9 Å². The molecule has 0 saturated carbocycles. The number of nitrogens with two attached hydrogens (primary N) is 1. The molecule has 0 bridgehead atoms. The van der Waals surface area contributed by atoms with Crippen LogP contribution in [0.15, 0.2) is 92.0 Å². The number of carbonyl (C=O) groups excluding carboxylic acids is 1. The van der Waals surface area contributed by atoms with Crippen LogP contribution in [0.5, 0.6) is 11.8 Å². The summed E-state index contributed by atoms with van der Waals surface area (Å²) < 4.78 is 6.90. The summed E-state index contributed by atoms with van der Waals surface area (Å²) in [6.07, 6.45) is 8.34. The maximum absolute atomic E-state index is 11.6. The number of nitrogens with one attached hydrogen (secondary N) is 2. The molecule has 0 spiro atoms. The molecule has 0 aliphatic rings. The van der Waals surface area contributed by atoms with E-state index in [2.05, 4.69) is 49.2 Å². The highest BCUT2D eigenvalue weighted by molar-refractivity contribution is 7.23. The fraction of sp³-hybridized carbons (Fsp3) is 0.0645. The van der Waals surface area contributed by atoms with Crippen molar-refractivity contribution in [1.82, 2.24) is 30.5 Å². The molecular weight excluding hydrogens is 534 g/mol. The van der Waals surface area contributed by atoms with Gasteiger partial charge in [0.1, 0.15) is 11.6 Å². The van der Waals surface area contributed by atoms with Gasteiger partial charge < -0.3 is 15.8 Å². The predicted octanol–water partition coefficient (Wildman–Crippen LogP) is 6.30. The monoisotopic (exact) mass is 559 g/mol. The maximum Gasteiger partial charge on any atom is 0.322 e. The smallest absolute Gasteiger partial charge is 0.322 e. The van der Waals surface area contributed by atoms with E-state index >= 15 is 0 Å². The van der Waals surface area contributed by atoms with E-state index < -0.39 is 0 Å². The van der Waals surface area contributed by atoms with E-state index in [0.717, 1.165) is 54.0 Å². The van der Waals surface area contributed by atoms with Crippen LogP contribution in [0.4, 0.5) is 5.82 Å². The summed E-state index contributed by atoms with van der Waals surface area (Å²) in [5.74, 6) is 0.857. The Hall–Kier alpha value is -5.35. The fourth-order valence-corrected chi connectivity index (χ4v) is 5.88. The van der Waals surface area contributed by atoms with Crippen molar-refractivity contribution in [3.63, 3.8) is 0 Å². The van der Waals surface area contributed by atoms with Gasteiger partial charge in [-0.2, -0.15) is 5.10 Å². The van der Waals surface area contributed by atoms with E-state index in [0.29, 0.717) is 24.1 Å². The van der Waals surface area contributed by atoms with Crippen LogP contribution in [-0.2, 0) is 11.3 Å². The lowest BCUT2D eigenvalue weighted by Gasteiger charge is -2.10. The standard InChI is InChI=1S/C31H25N7O2S/c1-3-25(39)34-14-19-4-6-21(7-5-19)28-26(20-8-10-23(11-9-20)40-31-33-13-12-18(2)38-31)27-29(41-28)24(17-35-30(27)32)22-15-36-37-16-22/h3-13,15-17H,1,14H2,2H3,(H2,32,35)(H,34,39)(H,36,37). The summed E-state index contributed by atoms with van der Waals surface area (Å²) in [6.45, 7) is 5.81. The van der Waals surface area contributed by atoms with Crippen molar-refractivity contribution in [2.45, 2.75) is 13.5 Å². The number of rotatable bonds is 8. The molecule has 10 heteroatoms. The molecule has 0 unspecified atom stereocenters. The van der Waals surface area contributed by atoms with Crippen molar-refractivity contribution in [3.05, 3.63) is 103 Å². The lowest BCUT2D eigenvalue weighted by Crippen LogP contribution is -2.19. The molecule has 0 atom stereocenters. The summed E-state index contributed by atoms with van der Waals surface area (Å²) >= 11 is 1.65. The number of hydrogen-bond acceptors (Lipinski definition) is 8. The molecule has 0 aliphatic heterocycles. The Labute approximate surface area is 239 Å². The minimum atomic E-state index is -0.211. The lowest BCUT2D eigenvalue weighted by atomic mass is 9.97. The van der Waals surface area contributed by atoms with Crippen LogP contribution >= 0.6 is 11.3 Å². The topological polar surface area (TPSA) is 132 Å². The number of anilines is 1. The highest BCUT2D eigenvalue weighted by Crippen LogP contribution is 2.49. The Kier molecular flexibility index (Phi) is 6.97. The summed E-state index contributed by atoms with van der Waals surface area (Å²) in [5.41, 5.74) is 13.2. The number of thiophene rings is 1. The third-order valence-corrected chi connectivity index (χ3v) is 7.82. The summed E-state index contributed by atoms with van der Waals surface area (Å²) in [6, 6.07) is 18.0. The van der Waals surface area contributed by atoms with Crippen LogP contribution in [0.25, 0.3) is 42.8 Å². The SMILES string of the molecule is C=CC(=O)NCc1ccc(-c2sc3c(-c4cn[nH]c4)cnc(N)c3c2-c2ccc(Oc3nccc(C)n3)cc2)cc1. The fourth-order valence-electron chi connectivity index (χ4n) is 4.51. The number of pyridine rings is 1. The molecule has 0 radical (unpaired) electrons. The highest BCUT2D eigenvalue weighted by Gasteiger charge is 2.22. The normalized spacial score (nSPS) is 11.0. The van der Waals surface area contributed by atoms with Gasteiger partial charge in [-0.3, -0.25) is 9.89 Å². The number of amides is 1. The van der Waals surface area contributed by atoms with Crippen LogP contribution in [0.3, 0.4) is 0 Å². The predicted molar refractivity (Wildman–Crippen MR) is 161 cm³/mol. The molecule has 4 aromatic heterocycles. The van der Waals surface area contributed by atoms with Gasteiger partial charge in [0, 0.05) is 62.5 Å². The molecule has 9 nitrogen and oxygen atoms in total. The first kappa shape index (κ1) is 25.9.